The van der Waals surface area contributed by atoms with Crippen LogP contribution >= 0.6 is 27.5 Å². The molecule has 0 spiro atoms. The average Bonchev–Trinajstić information content (AvgIpc) is 3.78. The Morgan fingerprint density at radius 3 is 2.47 bits per heavy atom. The number of benzene rings is 3. The van der Waals surface area contributed by atoms with Gasteiger partial charge in [0.2, 0.25) is 11.8 Å². The molecule has 9 nitrogen and oxygen atoms in total. The van der Waals surface area contributed by atoms with Crippen LogP contribution in [0, 0.1) is 16.6 Å². The molecule has 1 aliphatic heterocycles. The van der Waals surface area contributed by atoms with Gasteiger partial charge < -0.3 is 30.5 Å². The second kappa shape index (κ2) is 15.1. The van der Waals surface area contributed by atoms with Crippen LogP contribution < -0.4 is 20.7 Å². The number of aliphatic hydroxyl groups excluding tert-OH is 1. The van der Waals surface area contributed by atoms with E-state index < -0.39 is 58.8 Å². The maximum atomic E-state index is 15.2. The Balaban J connectivity index is 1.46. The summed E-state index contributed by atoms with van der Waals surface area (Å²) < 4.78 is 26.6. The molecule has 4 N–H and O–H groups in total. The van der Waals surface area contributed by atoms with Crippen LogP contribution in [0.5, 0.6) is 5.75 Å². The van der Waals surface area contributed by atoms with Crippen molar-refractivity contribution in [3.05, 3.63) is 98.7 Å². The molecule has 49 heavy (non-hydrogen) atoms. The minimum Gasteiger partial charge on any atom is -0.493 e. The van der Waals surface area contributed by atoms with Gasteiger partial charge in [-0.15, -0.1) is 0 Å². The summed E-state index contributed by atoms with van der Waals surface area (Å²) in [5.41, 5.74) is 0.0921. The number of methoxy groups -OCH3 is 1. The molecule has 5 rings (SSSR count). The van der Waals surface area contributed by atoms with Gasteiger partial charge in [0, 0.05) is 27.4 Å². The molecule has 1 heterocycles. The third-order valence-corrected chi connectivity index (χ3v) is 10.2. The highest BCUT2D eigenvalue weighted by atomic mass is 79.9. The molecule has 12 heteroatoms. The van der Waals surface area contributed by atoms with Crippen LogP contribution in [0.4, 0.5) is 9.18 Å². The van der Waals surface area contributed by atoms with Gasteiger partial charge in [0.15, 0.2) is 0 Å². The lowest BCUT2D eigenvalue weighted by Gasteiger charge is -2.34. The van der Waals surface area contributed by atoms with Gasteiger partial charge in [-0.25, -0.2) is 9.18 Å². The first kappa shape index (κ1) is 36.6. The standard InChI is InChI=1S/C37H42BrClFN3O6/c1-36(2,3)32(43-35(47)48-4)33(45)41-29(17-21-9-11-22(38)12-10-21)30(44)20-37(19-26(37)24-7-5-6-8-27(24)40)34(46)42-28-15-16-49-31-14-13-23(39)18-25(28)31/h5-14,18,26,28-30,32,44H,15-17,19-20H2,1-4H3,(H,41,45)(H,42,46)(H,43,47)/t26-,28+,29-,30-,32+,37?/m0/s1. The van der Waals surface area contributed by atoms with Crippen molar-refractivity contribution < 1.29 is 33.4 Å². The fraction of sp³-hybridized carbons (Fsp3) is 0.432. The third kappa shape index (κ3) is 8.56. The summed E-state index contributed by atoms with van der Waals surface area (Å²) in [6.45, 7) is 5.80. The van der Waals surface area contributed by atoms with Crippen molar-refractivity contribution in [2.45, 2.75) is 76.6 Å². The number of rotatable bonds is 11. The van der Waals surface area contributed by atoms with E-state index in [1.54, 1.807) is 57.2 Å². The molecule has 2 aliphatic rings. The predicted octanol–water partition coefficient (Wildman–Crippen LogP) is 6.60. The van der Waals surface area contributed by atoms with E-state index >= 15 is 4.39 Å². The zero-order valence-corrected chi connectivity index (χ0v) is 30.2. The van der Waals surface area contributed by atoms with Crippen molar-refractivity contribution in [2.75, 3.05) is 13.7 Å². The van der Waals surface area contributed by atoms with E-state index in [4.69, 9.17) is 21.1 Å². The number of alkyl carbamates (subject to hydrolysis) is 1. The minimum absolute atomic E-state index is 0.0600. The summed E-state index contributed by atoms with van der Waals surface area (Å²) in [5, 5.41) is 21.2. The van der Waals surface area contributed by atoms with Crippen molar-refractivity contribution >= 4 is 45.4 Å². The number of hydrogen-bond donors (Lipinski definition) is 4. The largest absolute Gasteiger partial charge is 0.493 e. The molecule has 0 radical (unpaired) electrons. The fourth-order valence-electron chi connectivity index (χ4n) is 6.65. The Kier molecular flexibility index (Phi) is 11.3. The first-order valence-corrected chi connectivity index (χ1v) is 17.4. The number of fused-ring (bicyclic) bond motifs is 1. The highest BCUT2D eigenvalue weighted by molar-refractivity contribution is 9.10. The minimum atomic E-state index is -1.23. The molecular formula is C37H42BrClFN3O6. The van der Waals surface area contributed by atoms with Crippen molar-refractivity contribution in [1.82, 2.24) is 16.0 Å². The number of halogens is 3. The quantitative estimate of drug-likeness (QED) is 0.175. The summed E-state index contributed by atoms with van der Waals surface area (Å²) >= 11 is 9.74. The van der Waals surface area contributed by atoms with E-state index in [1.807, 2.05) is 24.3 Å². The number of carbonyl (C=O) groups excluding carboxylic acids is 3. The molecule has 3 aromatic carbocycles. The fourth-order valence-corrected chi connectivity index (χ4v) is 7.09. The molecule has 0 aromatic heterocycles. The van der Waals surface area contributed by atoms with E-state index in [-0.39, 0.29) is 18.7 Å². The van der Waals surface area contributed by atoms with Crippen molar-refractivity contribution in [1.29, 1.82) is 0 Å². The SMILES string of the molecule is COC(=O)N[C@H](C(=O)N[C@@H](Cc1ccc(Br)cc1)[C@@H](O)CC1(C(=O)N[C@@H]2CCOc3ccc(Cl)cc32)C[C@H]1c1ccccc1F)C(C)(C)C. The summed E-state index contributed by atoms with van der Waals surface area (Å²) in [7, 11) is 1.21. The van der Waals surface area contributed by atoms with Crippen LogP contribution in [0.1, 0.15) is 68.7 Å². The molecule has 6 atom stereocenters. The lowest BCUT2D eigenvalue weighted by Crippen LogP contribution is -2.58. The van der Waals surface area contributed by atoms with E-state index in [2.05, 4.69) is 31.9 Å². The van der Waals surface area contributed by atoms with Crippen LogP contribution in [0.25, 0.3) is 0 Å². The van der Waals surface area contributed by atoms with Gasteiger partial charge in [0.25, 0.3) is 0 Å². The molecule has 1 fully saturated rings. The molecule has 262 valence electrons. The topological polar surface area (TPSA) is 126 Å². The van der Waals surface area contributed by atoms with Gasteiger partial charge in [-0.2, -0.15) is 0 Å². The summed E-state index contributed by atoms with van der Waals surface area (Å²) in [4.78, 5) is 40.4. The van der Waals surface area contributed by atoms with Crippen molar-refractivity contribution in [3.8, 4) is 5.75 Å². The predicted molar refractivity (Wildman–Crippen MR) is 188 cm³/mol. The van der Waals surface area contributed by atoms with Gasteiger partial charge in [0.1, 0.15) is 17.6 Å². The van der Waals surface area contributed by atoms with E-state index in [1.165, 1.54) is 13.2 Å². The number of aliphatic hydroxyl groups is 1. The molecule has 3 amide bonds. The summed E-state index contributed by atoms with van der Waals surface area (Å²) in [6.07, 6.45) is -1.02. The Bertz CT molecular complexity index is 1690. The van der Waals surface area contributed by atoms with Crippen LogP contribution in [-0.2, 0) is 20.7 Å². The number of carbonyl (C=O) groups is 3. The van der Waals surface area contributed by atoms with Crippen LogP contribution in [0.2, 0.25) is 5.02 Å². The molecule has 1 aliphatic carbocycles. The zero-order valence-electron chi connectivity index (χ0n) is 27.9. The van der Waals surface area contributed by atoms with Gasteiger partial charge in [-0.3, -0.25) is 9.59 Å². The molecule has 1 saturated carbocycles. The number of ether oxygens (including phenoxy) is 2. The van der Waals surface area contributed by atoms with Crippen LogP contribution in [-0.4, -0.2) is 54.9 Å². The Hall–Kier alpha value is -3.67. The van der Waals surface area contributed by atoms with Crippen LogP contribution in [0.15, 0.2) is 71.2 Å². The van der Waals surface area contributed by atoms with Gasteiger partial charge in [0.05, 0.1) is 37.3 Å². The number of amides is 3. The van der Waals surface area contributed by atoms with Crippen LogP contribution in [0.3, 0.4) is 0 Å². The highest BCUT2D eigenvalue weighted by Gasteiger charge is 2.62. The lowest BCUT2D eigenvalue weighted by atomic mass is 9.84. The summed E-state index contributed by atoms with van der Waals surface area (Å²) in [6, 6.07) is 16.8. The smallest absolute Gasteiger partial charge is 0.407 e. The maximum absolute atomic E-state index is 15.2. The van der Waals surface area contributed by atoms with Gasteiger partial charge in [-0.05, 0) is 72.2 Å². The lowest BCUT2D eigenvalue weighted by molar-refractivity contribution is -0.129. The van der Waals surface area contributed by atoms with E-state index in [0.29, 0.717) is 35.8 Å². The van der Waals surface area contributed by atoms with E-state index in [0.717, 1.165) is 15.6 Å². The molecule has 0 saturated heterocycles. The third-order valence-electron chi connectivity index (χ3n) is 9.43. The van der Waals surface area contributed by atoms with Gasteiger partial charge >= 0.3 is 6.09 Å². The zero-order chi connectivity index (χ0) is 35.5. The Morgan fingerprint density at radius 1 is 1.08 bits per heavy atom. The number of nitrogens with one attached hydrogen (secondary N) is 3. The second-order valence-corrected chi connectivity index (χ2v) is 15.3. The normalized spacial score (nSPS) is 21.6. The number of hydrogen-bond acceptors (Lipinski definition) is 6. The van der Waals surface area contributed by atoms with Gasteiger partial charge in [-0.1, -0.05) is 78.6 Å². The molecule has 3 aromatic rings. The first-order valence-electron chi connectivity index (χ1n) is 16.3. The second-order valence-electron chi connectivity index (χ2n) is 13.9. The maximum Gasteiger partial charge on any atom is 0.407 e. The first-order chi connectivity index (χ1) is 23.2. The summed E-state index contributed by atoms with van der Waals surface area (Å²) in [5.74, 6) is -1.15. The van der Waals surface area contributed by atoms with Crippen molar-refractivity contribution in [2.24, 2.45) is 10.8 Å². The van der Waals surface area contributed by atoms with E-state index in [9.17, 15) is 19.5 Å². The average molecular weight is 759 g/mol. The Morgan fingerprint density at radius 2 is 1.80 bits per heavy atom. The molecular weight excluding hydrogens is 717 g/mol. The molecule has 0 bridgehead atoms. The van der Waals surface area contributed by atoms with Crippen molar-refractivity contribution in [3.63, 3.8) is 0 Å². The Labute approximate surface area is 299 Å². The highest BCUT2D eigenvalue weighted by Crippen LogP contribution is 2.63. The molecule has 1 unspecified atom stereocenters. The monoisotopic (exact) mass is 757 g/mol.